The van der Waals surface area contributed by atoms with Gasteiger partial charge in [-0.05, 0) is 19.4 Å². The number of ether oxygens (including phenoxy) is 1. The number of esters is 1. The second-order valence-corrected chi connectivity index (χ2v) is 5.51. The van der Waals surface area contributed by atoms with Crippen LogP contribution in [0.1, 0.15) is 25.5 Å². The van der Waals surface area contributed by atoms with Gasteiger partial charge in [0.25, 0.3) is 0 Å². The lowest BCUT2D eigenvalue weighted by molar-refractivity contribution is -0.137. The molecule has 114 valence electrons. The van der Waals surface area contributed by atoms with E-state index in [4.69, 9.17) is 4.42 Å². The molecule has 2 aromatic rings. The van der Waals surface area contributed by atoms with E-state index in [-0.39, 0.29) is 11.7 Å². The van der Waals surface area contributed by atoms with E-state index in [1.165, 1.54) is 18.9 Å². The monoisotopic (exact) mass is 309 g/mol. The number of unbranched alkanes of at least 4 members (excludes halogenated alkanes) is 1. The van der Waals surface area contributed by atoms with Crippen LogP contribution in [0, 0.1) is 6.92 Å². The first-order valence-corrected chi connectivity index (χ1v) is 7.83. The number of aryl methyl sites for hydroxylation is 1. The smallest absolute Gasteiger partial charge is 0.316 e. The molecule has 21 heavy (non-hydrogen) atoms. The van der Waals surface area contributed by atoms with Gasteiger partial charge in [-0.25, -0.2) is 0 Å². The summed E-state index contributed by atoms with van der Waals surface area (Å²) in [4.78, 5) is 11.3. The van der Waals surface area contributed by atoms with Crippen LogP contribution in [-0.4, -0.2) is 33.6 Å². The van der Waals surface area contributed by atoms with Gasteiger partial charge in [-0.3, -0.25) is 4.79 Å². The first kappa shape index (κ1) is 15.6. The Hall–Kier alpha value is -1.76. The van der Waals surface area contributed by atoms with Crippen LogP contribution in [0.15, 0.2) is 21.9 Å². The number of rotatable bonds is 7. The highest BCUT2D eigenvalue weighted by atomic mass is 32.2. The molecule has 0 saturated carbocycles. The Labute approximate surface area is 127 Å². The Bertz CT molecular complexity index is 606. The van der Waals surface area contributed by atoms with E-state index in [2.05, 4.69) is 21.9 Å². The van der Waals surface area contributed by atoms with Crippen LogP contribution in [0.25, 0.3) is 11.4 Å². The van der Waals surface area contributed by atoms with Gasteiger partial charge in [-0.2, -0.15) is 0 Å². The molecule has 0 amide bonds. The largest absolute Gasteiger partial charge is 0.469 e. The van der Waals surface area contributed by atoms with E-state index in [1.807, 2.05) is 17.6 Å². The Kier molecular flexibility index (Phi) is 5.44. The highest BCUT2D eigenvalue weighted by molar-refractivity contribution is 7.99. The highest BCUT2D eigenvalue weighted by Crippen LogP contribution is 2.27. The minimum absolute atomic E-state index is 0.227. The summed E-state index contributed by atoms with van der Waals surface area (Å²) in [5.74, 6) is 1.54. The molecule has 0 bridgehead atoms. The molecule has 0 aliphatic carbocycles. The van der Waals surface area contributed by atoms with Crippen molar-refractivity contribution in [2.75, 3.05) is 12.9 Å². The van der Waals surface area contributed by atoms with Crippen molar-refractivity contribution >= 4 is 17.7 Å². The third kappa shape index (κ3) is 3.66. The lowest BCUT2D eigenvalue weighted by atomic mass is 10.2. The second kappa shape index (κ2) is 7.31. The highest BCUT2D eigenvalue weighted by Gasteiger charge is 2.18. The minimum Gasteiger partial charge on any atom is -0.469 e. The molecule has 0 fully saturated rings. The molecule has 0 aliphatic heterocycles. The lowest BCUT2D eigenvalue weighted by Gasteiger charge is -2.08. The predicted octanol–water partition coefficient (Wildman–Crippen LogP) is 2.91. The maximum absolute atomic E-state index is 11.3. The molecule has 6 nitrogen and oxygen atoms in total. The van der Waals surface area contributed by atoms with Gasteiger partial charge in [0.1, 0.15) is 5.76 Å². The fourth-order valence-corrected chi connectivity index (χ4v) is 2.71. The normalized spacial score (nSPS) is 10.8. The summed E-state index contributed by atoms with van der Waals surface area (Å²) in [7, 11) is 1.38. The number of aromatic nitrogens is 3. The first-order valence-electron chi connectivity index (χ1n) is 6.84. The fourth-order valence-electron chi connectivity index (χ4n) is 1.91. The zero-order valence-corrected chi connectivity index (χ0v) is 13.3. The second-order valence-electron chi connectivity index (χ2n) is 4.57. The third-order valence-electron chi connectivity index (χ3n) is 3.10. The first-order chi connectivity index (χ1) is 10.2. The van der Waals surface area contributed by atoms with Gasteiger partial charge >= 0.3 is 5.97 Å². The fraction of sp³-hybridized carbons (Fsp3) is 0.500. The lowest BCUT2D eigenvalue weighted by Crippen LogP contribution is -2.07. The van der Waals surface area contributed by atoms with Crippen molar-refractivity contribution in [2.24, 2.45) is 0 Å². The molecular formula is C14H19N3O3S. The number of carbonyl (C=O) groups is 1. The summed E-state index contributed by atoms with van der Waals surface area (Å²) in [6, 6.07) is 1.89. The average Bonchev–Trinajstić information content (AvgIpc) is 3.08. The van der Waals surface area contributed by atoms with E-state index in [0.717, 1.165) is 41.7 Å². The van der Waals surface area contributed by atoms with Crippen LogP contribution in [-0.2, 0) is 16.1 Å². The Morgan fingerprint density at radius 1 is 1.48 bits per heavy atom. The maximum atomic E-state index is 11.3. The Morgan fingerprint density at radius 2 is 2.29 bits per heavy atom. The Balaban J connectivity index is 2.27. The predicted molar refractivity (Wildman–Crippen MR) is 80.1 cm³/mol. The zero-order chi connectivity index (χ0) is 15.2. The molecule has 0 atom stereocenters. The summed E-state index contributed by atoms with van der Waals surface area (Å²) < 4.78 is 12.0. The molecule has 0 aliphatic rings. The molecule has 0 saturated heterocycles. The molecule has 2 rings (SSSR count). The van der Waals surface area contributed by atoms with E-state index < -0.39 is 0 Å². The van der Waals surface area contributed by atoms with Crippen molar-refractivity contribution in [3.63, 3.8) is 0 Å². The molecule has 2 heterocycles. The summed E-state index contributed by atoms with van der Waals surface area (Å²) >= 11 is 1.34. The van der Waals surface area contributed by atoms with Gasteiger partial charge in [0, 0.05) is 6.54 Å². The molecule has 0 N–H and O–H groups in total. The molecule has 0 aromatic carbocycles. The van der Waals surface area contributed by atoms with E-state index in [9.17, 15) is 4.79 Å². The van der Waals surface area contributed by atoms with Crippen molar-refractivity contribution < 1.29 is 13.9 Å². The van der Waals surface area contributed by atoms with E-state index in [1.54, 1.807) is 6.26 Å². The maximum Gasteiger partial charge on any atom is 0.316 e. The van der Waals surface area contributed by atoms with Crippen molar-refractivity contribution in [1.29, 1.82) is 0 Å². The van der Waals surface area contributed by atoms with Crippen LogP contribution >= 0.6 is 11.8 Å². The molecule has 2 aromatic heterocycles. The Morgan fingerprint density at radius 3 is 2.90 bits per heavy atom. The summed E-state index contributed by atoms with van der Waals surface area (Å²) in [6.45, 7) is 4.84. The molecular weight excluding hydrogens is 290 g/mol. The van der Waals surface area contributed by atoms with Crippen molar-refractivity contribution in [1.82, 2.24) is 14.8 Å². The third-order valence-corrected chi connectivity index (χ3v) is 4.04. The van der Waals surface area contributed by atoms with Gasteiger partial charge in [0.05, 0.1) is 24.7 Å². The van der Waals surface area contributed by atoms with Crippen molar-refractivity contribution in [3.8, 4) is 11.4 Å². The molecule has 0 radical (unpaired) electrons. The number of methoxy groups -OCH3 is 1. The van der Waals surface area contributed by atoms with Crippen molar-refractivity contribution in [3.05, 3.63) is 18.1 Å². The average molecular weight is 309 g/mol. The summed E-state index contributed by atoms with van der Waals surface area (Å²) in [6.07, 6.45) is 3.74. The van der Waals surface area contributed by atoms with Crippen LogP contribution in [0.3, 0.4) is 0 Å². The van der Waals surface area contributed by atoms with Gasteiger partial charge in [-0.15, -0.1) is 10.2 Å². The standard InChI is InChI=1S/C14H19N3O3S/c1-4-5-7-17-13(11-6-8-20-10(11)2)15-16-14(17)21-9-12(18)19-3/h6,8H,4-5,7,9H2,1-3H3. The minimum atomic E-state index is -0.272. The van der Waals surface area contributed by atoms with Gasteiger partial charge in [-0.1, -0.05) is 25.1 Å². The summed E-state index contributed by atoms with van der Waals surface area (Å²) in [5.41, 5.74) is 0.934. The number of nitrogens with zero attached hydrogens (tertiary/aromatic N) is 3. The topological polar surface area (TPSA) is 70.2 Å². The van der Waals surface area contributed by atoms with Crippen LogP contribution in [0.4, 0.5) is 0 Å². The van der Waals surface area contributed by atoms with Crippen molar-refractivity contribution in [2.45, 2.75) is 38.4 Å². The number of thioether (sulfide) groups is 1. The van der Waals surface area contributed by atoms with E-state index >= 15 is 0 Å². The van der Waals surface area contributed by atoms with Gasteiger partial charge < -0.3 is 13.7 Å². The summed E-state index contributed by atoms with van der Waals surface area (Å²) in [5, 5.41) is 9.18. The quantitative estimate of drug-likeness (QED) is 0.578. The molecule has 0 unspecified atom stereocenters. The van der Waals surface area contributed by atoms with Crippen LogP contribution in [0.5, 0.6) is 0 Å². The molecule has 7 heteroatoms. The SMILES string of the molecule is CCCCn1c(SCC(=O)OC)nnc1-c1ccoc1C. The number of carbonyl (C=O) groups excluding carboxylic acids is 1. The number of furan rings is 1. The number of hydrogen-bond acceptors (Lipinski definition) is 6. The van der Waals surface area contributed by atoms with Gasteiger partial charge in [0.2, 0.25) is 0 Å². The van der Waals surface area contributed by atoms with Gasteiger partial charge in [0.15, 0.2) is 11.0 Å². The van der Waals surface area contributed by atoms with Crippen LogP contribution in [0.2, 0.25) is 0 Å². The zero-order valence-electron chi connectivity index (χ0n) is 12.5. The molecule has 0 spiro atoms. The number of hydrogen-bond donors (Lipinski definition) is 0. The van der Waals surface area contributed by atoms with E-state index in [0.29, 0.717) is 0 Å². The van der Waals surface area contributed by atoms with Crippen LogP contribution < -0.4 is 0 Å².